The smallest absolute Gasteiger partial charge is 0.477 e. The minimum absolute atomic E-state index is 0. The second-order valence-corrected chi connectivity index (χ2v) is 14.7. The number of aromatic carboxylic acids is 1. The molecule has 7 heterocycles. The first-order valence-electron chi connectivity index (χ1n) is 19.3. The van der Waals surface area contributed by atoms with Gasteiger partial charge in [-0.3, -0.25) is 18.8 Å². The van der Waals surface area contributed by atoms with Gasteiger partial charge in [-0.2, -0.15) is 37.2 Å². The molecule has 1 aliphatic heterocycles. The summed E-state index contributed by atoms with van der Waals surface area (Å²) in [4.78, 5) is 53.8. The van der Waals surface area contributed by atoms with Crippen LogP contribution in [0.2, 0.25) is 0 Å². The molecule has 21 nitrogen and oxygen atoms in total. The van der Waals surface area contributed by atoms with Gasteiger partial charge < -0.3 is 33.4 Å². The van der Waals surface area contributed by atoms with Crippen LogP contribution in [0.25, 0.3) is 22.8 Å². The maximum absolute atomic E-state index is 13.8. The summed E-state index contributed by atoms with van der Waals surface area (Å²) in [6, 6.07) is 0.895. The van der Waals surface area contributed by atoms with Gasteiger partial charge in [-0.25, -0.2) is 38.9 Å². The molecule has 1 aliphatic rings. The van der Waals surface area contributed by atoms with Crippen LogP contribution in [0.15, 0.2) is 55.6 Å². The Kier molecular flexibility index (Phi) is 18.2. The highest BCUT2D eigenvalue weighted by Crippen LogP contribution is 2.26. The van der Waals surface area contributed by atoms with E-state index in [1.807, 2.05) is 0 Å². The molecule has 7 rings (SSSR count). The highest BCUT2D eigenvalue weighted by Gasteiger charge is 2.38. The van der Waals surface area contributed by atoms with Gasteiger partial charge in [0.1, 0.15) is 17.6 Å². The molecule has 6 aromatic rings. The van der Waals surface area contributed by atoms with E-state index in [2.05, 4.69) is 63.5 Å². The lowest BCUT2D eigenvalue weighted by atomic mass is 9.76. The summed E-state index contributed by atoms with van der Waals surface area (Å²) < 4.78 is 109. The van der Waals surface area contributed by atoms with E-state index in [0.29, 0.717) is 41.8 Å². The third-order valence-corrected chi connectivity index (χ3v) is 9.13. The van der Waals surface area contributed by atoms with Gasteiger partial charge in [0, 0.05) is 51.4 Å². The topological polar surface area (TPSA) is 245 Å². The van der Waals surface area contributed by atoms with Crippen molar-refractivity contribution in [3.05, 3.63) is 90.1 Å². The van der Waals surface area contributed by atoms with Crippen molar-refractivity contribution >= 4 is 30.5 Å². The maximum Gasteiger partial charge on any atom is 0.498 e. The van der Waals surface area contributed by atoms with Crippen LogP contribution in [0.3, 0.4) is 0 Å². The Hall–Kier alpha value is -7.49. The standard InChI is InChI=1S/C18H15F4N5O3.C11H17BN2O4.C10H8F2N4O3.CH4/c1-9(12-3-10(19)5-23-16(12)20)29-15(28)4-14-13(8-26-27(14)2)17-24-6-11(7-25-17)30-18(21)22;1-11(2)6-17-12(18-7-11)8-5-13-14(3)9(8)10(15)16-4;1-16-7(9(17)18)6(4-15-16)8-13-2-5(3-14-8)19-10(11)12;/h3,5-9,18H,4H2,1-2H3;5H,6-7H2,1-4H3;2-4,10H,1H3,(H,17,18);1H4/t9-;;;/m1.../s1. The monoisotopic (exact) mass is 963 g/mol. The highest BCUT2D eigenvalue weighted by molar-refractivity contribution is 6.62. The van der Waals surface area contributed by atoms with Crippen LogP contribution in [0.4, 0.5) is 26.3 Å². The fourth-order valence-corrected chi connectivity index (χ4v) is 5.96. The molecule has 1 fully saturated rings. The van der Waals surface area contributed by atoms with Crippen molar-refractivity contribution in [3.8, 4) is 34.3 Å². The number of carboxylic acid groups (broad SMARTS) is 1. The number of carbonyl (C=O) groups is 3. The van der Waals surface area contributed by atoms with Crippen molar-refractivity contribution in [2.45, 2.75) is 53.9 Å². The number of aryl methyl sites for hydroxylation is 3. The van der Waals surface area contributed by atoms with Crippen molar-refractivity contribution in [3.63, 3.8) is 0 Å². The minimum Gasteiger partial charge on any atom is -0.477 e. The third kappa shape index (κ3) is 13.8. The van der Waals surface area contributed by atoms with Crippen LogP contribution in [-0.4, -0.2) is 118 Å². The molecule has 0 unspecified atom stereocenters. The van der Waals surface area contributed by atoms with E-state index in [0.717, 1.165) is 35.5 Å². The van der Waals surface area contributed by atoms with E-state index in [-0.39, 0.29) is 59.2 Å². The molecule has 1 saturated heterocycles. The molecule has 0 aromatic carbocycles. The number of halogens is 6. The molecule has 6 aromatic heterocycles. The first-order chi connectivity index (χ1) is 31.7. The predicted octanol–water partition coefficient (Wildman–Crippen LogP) is 4.79. The molecule has 0 amide bonds. The molecule has 0 spiro atoms. The first-order valence-corrected chi connectivity index (χ1v) is 19.3. The number of nitrogens with zero attached hydrogens (tertiary/aromatic N) is 11. The SMILES string of the molecule is C.COC(=O)c1c(B2OCC(C)(C)CO2)cnn1C.C[C@@H](OC(=O)Cc1c(-c2ncc(OC(F)F)cn2)cnn1C)c1cc(F)cnc1F.Cn1ncc(-c2ncc(OC(F)F)cn2)c1C(=O)O. The number of hydrogen-bond acceptors (Lipinski definition) is 17. The Morgan fingerprint density at radius 3 is 1.79 bits per heavy atom. The molecule has 68 heavy (non-hydrogen) atoms. The lowest BCUT2D eigenvalue weighted by Gasteiger charge is -2.32. The number of carboxylic acids is 1. The highest BCUT2D eigenvalue weighted by atomic mass is 19.3. The summed E-state index contributed by atoms with van der Waals surface area (Å²) in [5, 5.41) is 20.9. The summed E-state index contributed by atoms with van der Waals surface area (Å²) >= 11 is 0. The average Bonchev–Trinajstić information content (AvgIpc) is 3.97. The van der Waals surface area contributed by atoms with E-state index in [1.54, 1.807) is 20.3 Å². The number of aromatic nitrogens is 11. The summed E-state index contributed by atoms with van der Waals surface area (Å²) in [6.07, 6.45) is 7.80. The zero-order chi connectivity index (χ0) is 49.2. The largest absolute Gasteiger partial charge is 0.498 e. The van der Waals surface area contributed by atoms with Crippen LogP contribution in [-0.2, 0) is 51.1 Å². The fraction of sp³-hybridized carbons (Fsp3) is 0.375. The number of methoxy groups -OCH3 is 1. The minimum atomic E-state index is -3.01. The number of alkyl halides is 4. The number of rotatable bonds is 13. The second kappa shape index (κ2) is 23.3. The van der Waals surface area contributed by atoms with Gasteiger partial charge in [0.05, 0.1) is 79.3 Å². The fourth-order valence-electron chi connectivity index (χ4n) is 5.96. The molecule has 0 aliphatic carbocycles. The average molecular weight is 964 g/mol. The van der Waals surface area contributed by atoms with E-state index in [4.69, 9.17) is 23.9 Å². The normalized spacial score (nSPS) is 13.3. The quantitative estimate of drug-likeness (QED) is 0.0708. The van der Waals surface area contributed by atoms with E-state index < -0.39 is 56.1 Å². The second-order valence-electron chi connectivity index (χ2n) is 14.7. The molecule has 1 atom stereocenters. The van der Waals surface area contributed by atoms with Crippen LogP contribution in [0.1, 0.15) is 66.5 Å². The number of esters is 2. The van der Waals surface area contributed by atoms with Gasteiger partial charge in [0.15, 0.2) is 28.8 Å². The summed E-state index contributed by atoms with van der Waals surface area (Å²) in [6.45, 7) is 0.680. The van der Waals surface area contributed by atoms with Crippen molar-refractivity contribution in [2.24, 2.45) is 26.6 Å². The molecule has 0 saturated carbocycles. The Morgan fingerprint density at radius 1 is 0.765 bits per heavy atom. The molecular weight excluding hydrogens is 919 g/mol. The third-order valence-electron chi connectivity index (χ3n) is 9.13. The number of hydrogen-bond donors (Lipinski definition) is 1. The van der Waals surface area contributed by atoms with Crippen molar-refractivity contribution in [1.29, 1.82) is 0 Å². The molecule has 0 radical (unpaired) electrons. The van der Waals surface area contributed by atoms with Crippen LogP contribution >= 0.6 is 0 Å². The van der Waals surface area contributed by atoms with E-state index >= 15 is 0 Å². The number of ether oxygens (including phenoxy) is 4. The first kappa shape index (κ1) is 53.1. The summed E-state index contributed by atoms with van der Waals surface area (Å²) in [5.41, 5.74) is 1.59. The Balaban J connectivity index is 0.000000231. The van der Waals surface area contributed by atoms with Gasteiger partial charge in [0.2, 0.25) is 5.95 Å². The van der Waals surface area contributed by atoms with Crippen molar-refractivity contribution in [2.75, 3.05) is 20.3 Å². The molecule has 364 valence electrons. The zero-order valence-electron chi connectivity index (χ0n) is 36.4. The number of pyridine rings is 1. The Morgan fingerprint density at radius 2 is 1.26 bits per heavy atom. The lowest BCUT2D eigenvalue weighted by molar-refractivity contribution is -0.148. The van der Waals surface area contributed by atoms with Gasteiger partial charge >= 0.3 is 38.2 Å². The molecule has 1 N–H and O–H groups in total. The lowest BCUT2D eigenvalue weighted by Crippen LogP contribution is -2.48. The Bertz CT molecular complexity index is 2640. The van der Waals surface area contributed by atoms with Gasteiger partial charge in [-0.05, 0) is 13.0 Å². The van der Waals surface area contributed by atoms with Crippen LogP contribution in [0.5, 0.6) is 11.5 Å². The summed E-state index contributed by atoms with van der Waals surface area (Å²) in [7, 11) is 5.50. The van der Waals surface area contributed by atoms with Gasteiger partial charge in [0.25, 0.3) is 0 Å². The van der Waals surface area contributed by atoms with Gasteiger partial charge in [-0.15, -0.1) is 0 Å². The predicted molar refractivity (Wildman–Crippen MR) is 223 cm³/mol. The van der Waals surface area contributed by atoms with Crippen molar-refractivity contribution < 1.29 is 74.1 Å². The van der Waals surface area contributed by atoms with Crippen molar-refractivity contribution in [1.82, 2.24) is 54.3 Å². The number of carbonyl (C=O) groups excluding carboxylic acids is 2. The molecular formula is C40H44BF6N11O10. The zero-order valence-corrected chi connectivity index (χ0v) is 36.4. The molecule has 28 heteroatoms. The van der Waals surface area contributed by atoms with Crippen LogP contribution in [0, 0.1) is 17.2 Å². The maximum atomic E-state index is 13.8. The van der Waals surface area contributed by atoms with Gasteiger partial charge in [-0.1, -0.05) is 21.3 Å². The van der Waals surface area contributed by atoms with E-state index in [9.17, 15) is 40.7 Å². The van der Waals surface area contributed by atoms with Crippen LogP contribution < -0.4 is 14.9 Å². The molecule has 0 bridgehead atoms. The van der Waals surface area contributed by atoms with E-state index in [1.165, 1.54) is 42.8 Å². The summed E-state index contributed by atoms with van der Waals surface area (Å²) in [5.74, 6) is -4.33. The Labute approximate surface area is 383 Å².